The molecule has 1 rings (SSSR count). The normalized spacial score (nSPS) is 13.1. The van der Waals surface area contributed by atoms with Gasteiger partial charge in [-0.2, -0.15) is 0 Å². The van der Waals surface area contributed by atoms with Crippen LogP contribution in [0.4, 0.5) is 0 Å². The van der Waals surface area contributed by atoms with Crippen LogP contribution in [0.2, 0.25) is 5.02 Å². The van der Waals surface area contributed by atoms with E-state index in [1.165, 1.54) is 0 Å². The van der Waals surface area contributed by atoms with Gasteiger partial charge in [-0.05, 0) is 23.6 Å². The van der Waals surface area contributed by atoms with Gasteiger partial charge in [-0.25, -0.2) is 0 Å². The van der Waals surface area contributed by atoms with Gasteiger partial charge in [0.25, 0.3) is 0 Å². The van der Waals surface area contributed by atoms with Gasteiger partial charge in [0, 0.05) is 9.50 Å². The molecule has 1 aromatic carbocycles. The summed E-state index contributed by atoms with van der Waals surface area (Å²) in [4.78, 5) is 0. The molecule has 1 aromatic rings. The summed E-state index contributed by atoms with van der Waals surface area (Å²) in [7, 11) is 0. The molecule has 0 saturated heterocycles. The maximum atomic E-state index is 6.24. The van der Waals surface area contributed by atoms with Crippen molar-refractivity contribution in [3.05, 3.63) is 33.3 Å². The predicted molar refractivity (Wildman–Crippen MR) is 73.3 cm³/mol. The Kier molecular flexibility index (Phi) is 5.76. The van der Waals surface area contributed by atoms with Crippen molar-refractivity contribution in [2.45, 2.75) is 32.7 Å². The summed E-state index contributed by atoms with van der Waals surface area (Å²) in [6.45, 7) is 4.34. The first-order chi connectivity index (χ1) is 7.63. The Morgan fingerprint density at radius 2 is 2.00 bits per heavy atom. The standard InChI is InChI=1S/C12H18BrClN2/c1-3-8(4-2)12(16-15)10-6-5-9(13)7-11(10)14/h5-8,12,16H,3-4,15H2,1-2H3. The molecule has 16 heavy (non-hydrogen) atoms. The third-order valence-corrected chi connectivity index (χ3v) is 3.82. The average Bonchev–Trinajstić information content (AvgIpc) is 2.27. The van der Waals surface area contributed by atoms with Crippen molar-refractivity contribution in [2.75, 3.05) is 0 Å². The monoisotopic (exact) mass is 304 g/mol. The number of benzene rings is 1. The fourth-order valence-corrected chi connectivity index (χ4v) is 2.78. The smallest absolute Gasteiger partial charge is 0.0502 e. The van der Waals surface area contributed by atoms with Gasteiger partial charge in [-0.1, -0.05) is 60.3 Å². The van der Waals surface area contributed by atoms with Crippen molar-refractivity contribution in [1.29, 1.82) is 0 Å². The predicted octanol–water partition coefficient (Wildman–Crippen LogP) is 4.04. The van der Waals surface area contributed by atoms with Crippen LogP contribution in [0.5, 0.6) is 0 Å². The third-order valence-electron chi connectivity index (χ3n) is 3.00. The number of hydrogen-bond donors (Lipinski definition) is 2. The zero-order valence-corrected chi connectivity index (χ0v) is 12.0. The van der Waals surface area contributed by atoms with E-state index in [0.717, 1.165) is 27.9 Å². The van der Waals surface area contributed by atoms with E-state index in [9.17, 15) is 0 Å². The first kappa shape index (κ1) is 14.0. The zero-order chi connectivity index (χ0) is 12.1. The van der Waals surface area contributed by atoms with Crippen molar-refractivity contribution < 1.29 is 0 Å². The van der Waals surface area contributed by atoms with E-state index in [0.29, 0.717) is 5.92 Å². The Bertz CT molecular complexity index is 340. The minimum absolute atomic E-state index is 0.121. The lowest BCUT2D eigenvalue weighted by Gasteiger charge is -2.25. The number of halogens is 2. The van der Waals surface area contributed by atoms with Gasteiger partial charge in [0.05, 0.1) is 6.04 Å². The molecule has 0 spiro atoms. The van der Waals surface area contributed by atoms with Crippen LogP contribution in [0.25, 0.3) is 0 Å². The van der Waals surface area contributed by atoms with Gasteiger partial charge in [0.15, 0.2) is 0 Å². The van der Waals surface area contributed by atoms with Crippen LogP contribution in [0, 0.1) is 5.92 Å². The van der Waals surface area contributed by atoms with E-state index in [1.54, 1.807) is 0 Å². The molecule has 90 valence electrons. The molecule has 0 aromatic heterocycles. The number of hydrazine groups is 1. The summed E-state index contributed by atoms with van der Waals surface area (Å²) in [6, 6.07) is 6.04. The molecule has 3 N–H and O–H groups in total. The fraction of sp³-hybridized carbons (Fsp3) is 0.500. The Balaban J connectivity index is 3.03. The van der Waals surface area contributed by atoms with Gasteiger partial charge in [-0.3, -0.25) is 11.3 Å². The van der Waals surface area contributed by atoms with Gasteiger partial charge in [-0.15, -0.1) is 0 Å². The highest BCUT2D eigenvalue weighted by Crippen LogP contribution is 2.32. The molecule has 0 aliphatic heterocycles. The molecule has 1 atom stereocenters. The SMILES string of the molecule is CCC(CC)C(NN)c1ccc(Br)cc1Cl. The molecule has 0 aliphatic rings. The third kappa shape index (κ3) is 3.20. The fourth-order valence-electron chi connectivity index (χ4n) is 1.99. The van der Waals surface area contributed by atoms with E-state index >= 15 is 0 Å². The number of hydrogen-bond acceptors (Lipinski definition) is 2. The molecule has 0 heterocycles. The van der Waals surface area contributed by atoms with Crippen LogP contribution in [0.3, 0.4) is 0 Å². The molecule has 0 saturated carbocycles. The summed E-state index contributed by atoms with van der Waals surface area (Å²) < 4.78 is 0.988. The minimum atomic E-state index is 0.121. The van der Waals surface area contributed by atoms with Crippen molar-refractivity contribution >= 4 is 27.5 Å². The van der Waals surface area contributed by atoms with Gasteiger partial charge in [0.1, 0.15) is 0 Å². The molecular weight excluding hydrogens is 288 g/mol. The number of rotatable bonds is 5. The molecular formula is C12H18BrClN2. The Morgan fingerprint density at radius 3 is 2.44 bits per heavy atom. The molecule has 0 amide bonds. The highest BCUT2D eigenvalue weighted by Gasteiger charge is 2.21. The Labute approximate surface area is 111 Å². The molecule has 2 nitrogen and oxygen atoms in total. The van der Waals surface area contributed by atoms with Crippen LogP contribution in [-0.4, -0.2) is 0 Å². The van der Waals surface area contributed by atoms with E-state index in [4.69, 9.17) is 17.4 Å². The summed E-state index contributed by atoms with van der Waals surface area (Å²) in [5, 5.41) is 0.754. The van der Waals surface area contributed by atoms with Crippen LogP contribution in [-0.2, 0) is 0 Å². The van der Waals surface area contributed by atoms with Crippen molar-refractivity contribution in [2.24, 2.45) is 11.8 Å². The largest absolute Gasteiger partial charge is 0.271 e. The average molecular weight is 306 g/mol. The molecule has 0 radical (unpaired) electrons. The highest BCUT2D eigenvalue weighted by molar-refractivity contribution is 9.10. The lowest BCUT2D eigenvalue weighted by molar-refractivity contribution is 0.345. The van der Waals surface area contributed by atoms with Crippen LogP contribution in [0.15, 0.2) is 22.7 Å². The maximum absolute atomic E-state index is 6.24. The second kappa shape index (κ2) is 6.60. The molecule has 0 bridgehead atoms. The van der Waals surface area contributed by atoms with Crippen molar-refractivity contribution in [1.82, 2.24) is 5.43 Å². The Morgan fingerprint density at radius 1 is 1.38 bits per heavy atom. The highest BCUT2D eigenvalue weighted by atomic mass is 79.9. The second-order valence-electron chi connectivity index (χ2n) is 3.89. The Hall–Kier alpha value is -0.0900. The lowest BCUT2D eigenvalue weighted by Crippen LogP contribution is -2.33. The van der Waals surface area contributed by atoms with Crippen LogP contribution < -0.4 is 11.3 Å². The molecule has 4 heteroatoms. The summed E-state index contributed by atoms with van der Waals surface area (Å²) in [5.41, 5.74) is 3.95. The first-order valence-corrected chi connectivity index (χ1v) is 6.72. The van der Waals surface area contributed by atoms with E-state index < -0.39 is 0 Å². The number of nitrogens with one attached hydrogen (secondary N) is 1. The van der Waals surface area contributed by atoms with Gasteiger partial charge < -0.3 is 0 Å². The molecule has 0 aliphatic carbocycles. The number of nitrogens with two attached hydrogens (primary N) is 1. The molecule has 0 fully saturated rings. The molecule has 1 unspecified atom stereocenters. The van der Waals surface area contributed by atoms with Crippen molar-refractivity contribution in [3.8, 4) is 0 Å². The summed E-state index contributed by atoms with van der Waals surface area (Å²) >= 11 is 9.64. The zero-order valence-electron chi connectivity index (χ0n) is 9.63. The van der Waals surface area contributed by atoms with E-state index in [1.807, 2.05) is 18.2 Å². The van der Waals surface area contributed by atoms with Crippen LogP contribution >= 0.6 is 27.5 Å². The minimum Gasteiger partial charge on any atom is -0.271 e. The van der Waals surface area contributed by atoms with Gasteiger partial charge in [0.2, 0.25) is 0 Å². The van der Waals surface area contributed by atoms with Crippen LogP contribution in [0.1, 0.15) is 38.3 Å². The maximum Gasteiger partial charge on any atom is 0.0502 e. The lowest BCUT2D eigenvalue weighted by atomic mass is 9.89. The first-order valence-electron chi connectivity index (χ1n) is 5.55. The summed E-state index contributed by atoms with van der Waals surface area (Å²) in [5.74, 6) is 6.15. The van der Waals surface area contributed by atoms with E-state index in [2.05, 4.69) is 35.2 Å². The quantitative estimate of drug-likeness (QED) is 0.636. The topological polar surface area (TPSA) is 38.0 Å². The summed E-state index contributed by atoms with van der Waals surface area (Å²) in [6.07, 6.45) is 2.16. The van der Waals surface area contributed by atoms with Crippen molar-refractivity contribution in [3.63, 3.8) is 0 Å². The second-order valence-corrected chi connectivity index (χ2v) is 5.21. The van der Waals surface area contributed by atoms with Gasteiger partial charge >= 0.3 is 0 Å². The van der Waals surface area contributed by atoms with E-state index in [-0.39, 0.29) is 6.04 Å².